The van der Waals surface area contributed by atoms with E-state index in [1.807, 2.05) is 26.0 Å². The van der Waals surface area contributed by atoms with Gasteiger partial charge in [-0.05, 0) is 31.0 Å². The molecule has 1 N–H and O–H groups in total. The maximum atomic E-state index is 11.9. The van der Waals surface area contributed by atoms with E-state index in [9.17, 15) is 13.2 Å². The van der Waals surface area contributed by atoms with Crippen molar-refractivity contribution in [2.24, 2.45) is 0 Å². The van der Waals surface area contributed by atoms with E-state index in [2.05, 4.69) is 5.32 Å². The number of halogens is 3. The summed E-state index contributed by atoms with van der Waals surface area (Å²) >= 11 is 0. The van der Waals surface area contributed by atoms with Crippen LogP contribution in [0.25, 0.3) is 0 Å². The van der Waals surface area contributed by atoms with E-state index >= 15 is 0 Å². The third-order valence-electron chi connectivity index (χ3n) is 2.33. The van der Waals surface area contributed by atoms with Crippen LogP contribution in [0.15, 0.2) is 18.2 Å². The molecule has 84 valence electrons. The molecule has 0 saturated heterocycles. The minimum absolute atomic E-state index is 0.0756. The average Bonchev–Trinajstić information content (AvgIpc) is 2.10. The molecular formula is C11H14F3N. The summed E-state index contributed by atoms with van der Waals surface area (Å²) in [5, 5.41) is 2.79. The normalized spacial score (nSPS) is 11.5. The van der Waals surface area contributed by atoms with Crippen LogP contribution < -0.4 is 5.32 Å². The zero-order valence-corrected chi connectivity index (χ0v) is 8.78. The molecule has 0 amide bonds. The number of alkyl halides is 3. The highest BCUT2D eigenvalue weighted by Gasteiger charge is 2.26. The number of hydrogen-bond acceptors (Lipinski definition) is 1. The summed E-state index contributed by atoms with van der Waals surface area (Å²) in [6.07, 6.45) is -4.90. The first kappa shape index (κ1) is 11.9. The van der Waals surface area contributed by atoms with Gasteiger partial charge in [0.1, 0.15) is 0 Å². The molecule has 0 heterocycles. The van der Waals surface area contributed by atoms with Gasteiger partial charge in [0, 0.05) is 12.2 Å². The standard InChI is InChI=1S/C11H14F3N/c1-8-4-3-5-10(9(8)2)15-7-6-11(12,13)14/h3-5,15H,6-7H2,1-2H3. The van der Waals surface area contributed by atoms with Crippen molar-refractivity contribution < 1.29 is 13.2 Å². The molecule has 1 nitrogen and oxygen atoms in total. The SMILES string of the molecule is Cc1cccc(NCCC(F)(F)F)c1C. The van der Waals surface area contributed by atoms with Gasteiger partial charge in [0.25, 0.3) is 0 Å². The quantitative estimate of drug-likeness (QED) is 0.814. The van der Waals surface area contributed by atoms with Gasteiger partial charge in [-0.15, -0.1) is 0 Å². The van der Waals surface area contributed by atoms with Gasteiger partial charge in [-0.3, -0.25) is 0 Å². The van der Waals surface area contributed by atoms with Crippen LogP contribution in [0.3, 0.4) is 0 Å². The Morgan fingerprint density at radius 1 is 1.20 bits per heavy atom. The first-order valence-corrected chi connectivity index (χ1v) is 4.77. The van der Waals surface area contributed by atoms with Crippen molar-refractivity contribution >= 4 is 5.69 Å². The molecule has 15 heavy (non-hydrogen) atoms. The van der Waals surface area contributed by atoms with E-state index in [-0.39, 0.29) is 6.54 Å². The summed E-state index contributed by atoms with van der Waals surface area (Å²) in [6.45, 7) is 3.75. The zero-order chi connectivity index (χ0) is 11.5. The smallest absolute Gasteiger partial charge is 0.384 e. The lowest BCUT2D eigenvalue weighted by Crippen LogP contribution is -2.15. The molecule has 1 rings (SSSR count). The molecule has 1 aromatic rings. The first-order valence-electron chi connectivity index (χ1n) is 4.77. The first-order chi connectivity index (χ1) is 6.90. The molecule has 1 aromatic carbocycles. The molecule has 0 unspecified atom stereocenters. The number of nitrogens with one attached hydrogen (secondary N) is 1. The van der Waals surface area contributed by atoms with Crippen LogP contribution in [0.1, 0.15) is 17.5 Å². The van der Waals surface area contributed by atoms with Gasteiger partial charge in [-0.1, -0.05) is 12.1 Å². The van der Waals surface area contributed by atoms with E-state index in [1.165, 1.54) is 0 Å². The van der Waals surface area contributed by atoms with Crippen LogP contribution in [-0.4, -0.2) is 12.7 Å². The number of anilines is 1. The molecule has 0 fully saturated rings. The van der Waals surface area contributed by atoms with Gasteiger partial charge < -0.3 is 5.32 Å². The Morgan fingerprint density at radius 2 is 1.87 bits per heavy atom. The second-order valence-corrected chi connectivity index (χ2v) is 3.54. The summed E-state index contributed by atoms with van der Waals surface area (Å²) < 4.78 is 35.7. The Morgan fingerprint density at radius 3 is 2.47 bits per heavy atom. The molecule has 0 aliphatic carbocycles. The van der Waals surface area contributed by atoms with Gasteiger partial charge >= 0.3 is 6.18 Å². The molecule has 0 aliphatic heterocycles. The maximum absolute atomic E-state index is 11.9. The van der Waals surface area contributed by atoms with Gasteiger partial charge in [0.05, 0.1) is 6.42 Å². The average molecular weight is 217 g/mol. The van der Waals surface area contributed by atoms with Crippen LogP contribution in [0.5, 0.6) is 0 Å². The third-order valence-corrected chi connectivity index (χ3v) is 2.33. The summed E-state index contributed by atoms with van der Waals surface area (Å²) in [6, 6.07) is 5.56. The molecule has 0 radical (unpaired) electrons. The van der Waals surface area contributed by atoms with Crippen molar-refractivity contribution in [3.8, 4) is 0 Å². The third kappa shape index (κ3) is 3.81. The number of aryl methyl sites for hydroxylation is 1. The minimum Gasteiger partial charge on any atom is -0.384 e. The van der Waals surface area contributed by atoms with Crippen LogP contribution >= 0.6 is 0 Å². The number of rotatable bonds is 3. The van der Waals surface area contributed by atoms with E-state index in [0.717, 1.165) is 16.8 Å². The van der Waals surface area contributed by atoms with Gasteiger partial charge in [0.2, 0.25) is 0 Å². The minimum atomic E-state index is -4.09. The lowest BCUT2D eigenvalue weighted by Gasteiger charge is -2.12. The van der Waals surface area contributed by atoms with Crippen LogP contribution in [0.4, 0.5) is 18.9 Å². The molecule has 0 aromatic heterocycles. The molecule has 0 atom stereocenters. The highest BCUT2D eigenvalue weighted by atomic mass is 19.4. The van der Waals surface area contributed by atoms with Crippen LogP contribution in [-0.2, 0) is 0 Å². The molecule has 4 heteroatoms. The Hall–Kier alpha value is -1.19. The van der Waals surface area contributed by atoms with Crippen molar-refractivity contribution in [2.45, 2.75) is 26.4 Å². The van der Waals surface area contributed by atoms with Gasteiger partial charge in [0.15, 0.2) is 0 Å². The van der Waals surface area contributed by atoms with E-state index in [1.54, 1.807) is 6.07 Å². The summed E-state index contributed by atoms with van der Waals surface area (Å²) in [5.74, 6) is 0. The van der Waals surface area contributed by atoms with Crippen molar-refractivity contribution in [1.82, 2.24) is 0 Å². The van der Waals surface area contributed by atoms with Crippen LogP contribution in [0.2, 0.25) is 0 Å². The van der Waals surface area contributed by atoms with E-state index in [4.69, 9.17) is 0 Å². The summed E-state index contributed by atoms with van der Waals surface area (Å²) in [4.78, 5) is 0. The predicted octanol–water partition coefficient (Wildman–Crippen LogP) is 3.67. The van der Waals surface area contributed by atoms with Gasteiger partial charge in [-0.2, -0.15) is 13.2 Å². The molecule has 0 spiro atoms. The molecule has 0 saturated carbocycles. The lowest BCUT2D eigenvalue weighted by molar-refractivity contribution is -0.131. The molecule has 0 aliphatic rings. The fourth-order valence-electron chi connectivity index (χ4n) is 1.28. The maximum Gasteiger partial charge on any atom is 0.390 e. The Labute approximate surface area is 87.3 Å². The lowest BCUT2D eigenvalue weighted by atomic mass is 10.1. The highest BCUT2D eigenvalue weighted by molar-refractivity contribution is 5.53. The number of benzene rings is 1. The Bertz CT molecular complexity index is 331. The number of hydrogen-bond donors (Lipinski definition) is 1. The fourth-order valence-corrected chi connectivity index (χ4v) is 1.28. The zero-order valence-electron chi connectivity index (χ0n) is 8.78. The van der Waals surface area contributed by atoms with Crippen molar-refractivity contribution in [3.05, 3.63) is 29.3 Å². The second-order valence-electron chi connectivity index (χ2n) is 3.54. The van der Waals surface area contributed by atoms with E-state index < -0.39 is 12.6 Å². The topological polar surface area (TPSA) is 12.0 Å². The van der Waals surface area contributed by atoms with Gasteiger partial charge in [-0.25, -0.2) is 0 Å². The van der Waals surface area contributed by atoms with Crippen molar-refractivity contribution in [2.75, 3.05) is 11.9 Å². The van der Waals surface area contributed by atoms with Crippen LogP contribution in [0, 0.1) is 13.8 Å². The van der Waals surface area contributed by atoms with E-state index in [0.29, 0.717) is 0 Å². The predicted molar refractivity (Wildman–Crippen MR) is 55.1 cm³/mol. The second kappa shape index (κ2) is 4.55. The Kier molecular flexibility index (Phi) is 3.61. The fraction of sp³-hybridized carbons (Fsp3) is 0.455. The monoisotopic (exact) mass is 217 g/mol. The van der Waals surface area contributed by atoms with Crippen molar-refractivity contribution in [3.63, 3.8) is 0 Å². The molecular weight excluding hydrogens is 203 g/mol. The summed E-state index contributed by atoms with van der Waals surface area (Å²) in [7, 11) is 0. The van der Waals surface area contributed by atoms with Crippen molar-refractivity contribution in [1.29, 1.82) is 0 Å². The summed E-state index contributed by atoms with van der Waals surface area (Å²) in [5.41, 5.74) is 2.85. The highest BCUT2D eigenvalue weighted by Crippen LogP contribution is 2.21. The Balaban J connectivity index is 2.55. The molecule has 0 bridgehead atoms. The largest absolute Gasteiger partial charge is 0.390 e.